The van der Waals surface area contributed by atoms with Crippen LogP contribution >= 0.6 is 0 Å². The molecule has 0 atom stereocenters. The zero-order valence-corrected chi connectivity index (χ0v) is 16.0. The predicted octanol–water partition coefficient (Wildman–Crippen LogP) is 2.37. The van der Waals surface area contributed by atoms with E-state index in [2.05, 4.69) is 15.6 Å². The fourth-order valence-electron chi connectivity index (χ4n) is 2.93. The second kappa shape index (κ2) is 10.5. The van der Waals surface area contributed by atoms with Gasteiger partial charge in [-0.1, -0.05) is 18.2 Å². The van der Waals surface area contributed by atoms with Crippen molar-refractivity contribution >= 4 is 12.1 Å². The summed E-state index contributed by atoms with van der Waals surface area (Å²) in [7, 11) is 1.67. The normalized spacial score (nSPS) is 15.5. The summed E-state index contributed by atoms with van der Waals surface area (Å²) in [6, 6.07) is 8.18. The number of hydrogen-bond acceptors (Lipinski definition) is 4. The Kier molecular flexibility index (Phi) is 8.05. The highest BCUT2D eigenvalue weighted by Gasteiger charge is 2.24. The molecule has 1 aromatic rings. The minimum atomic E-state index is -0.220. The Morgan fingerprint density at radius 1 is 1.27 bits per heavy atom. The molecule has 1 aromatic carbocycles. The van der Waals surface area contributed by atoms with Gasteiger partial charge in [0.2, 0.25) is 0 Å². The maximum atomic E-state index is 11.8. The van der Waals surface area contributed by atoms with Crippen LogP contribution in [-0.4, -0.2) is 56.3 Å². The van der Waals surface area contributed by atoms with E-state index < -0.39 is 0 Å². The molecule has 1 aliphatic heterocycles. The number of aliphatic imine (C=N–C) groups is 1. The van der Waals surface area contributed by atoms with Crippen molar-refractivity contribution in [3.8, 4) is 5.75 Å². The lowest BCUT2D eigenvalue weighted by Gasteiger charge is -2.32. The largest absolute Gasteiger partial charge is 0.496 e. The molecular formula is C19H30N4O3. The molecule has 7 heteroatoms. The van der Waals surface area contributed by atoms with E-state index in [0.717, 1.165) is 36.7 Å². The highest BCUT2D eigenvalue weighted by atomic mass is 16.6. The number of carbonyl (C=O) groups excluding carboxylic acids is 1. The predicted molar refractivity (Wildman–Crippen MR) is 103 cm³/mol. The molecule has 26 heavy (non-hydrogen) atoms. The number of carbonyl (C=O) groups is 1. The summed E-state index contributed by atoms with van der Waals surface area (Å²) in [5.74, 6) is 1.63. The van der Waals surface area contributed by atoms with Gasteiger partial charge in [-0.15, -0.1) is 0 Å². The average Bonchev–Trinajstić information content (AvgIpc) is 2.67. The van der Waals surface area contributed by atoms with Crippen molar-refractivity contribution in [2.75, 3.05) is 33.4 Å². The lowest BCUT2D eigenvalue weighted by atomic mass is 10.1. The summed E-state index contributed by atoms with van der Waals surface area (Å²) in [6.07, 6.45) is 1.53. The summed E-state index contributed by atoms with van der Waals surface area (Å²) >= 11 is 0. The number of likely N-dealkylation sites (tertiary alicyclic amines) is 1. The zero-order chi connectivity index (χ0) is 18.8. The lowest BCUT2D eigenvalue weighted by Crippen LogP contribution is -2.49. The van der Waals surface area contributed by atoms with Crippen LogP contribution in [-0.2, 0) is 11.3 Å². The van der Waals surface area contributed by atoms with Gasteiger partial charge in [-0.2, -0.15) is 0 Å². The molecular weight excluding hydrogens is 332 g/mol. The van der Waals surface area contributed by atoms with E-state index >= 15 is 0 Å². The van der Waals surface area contributed by atoms with Crippen molar-refractivity contribution in [1.82, 2.24) is 15.5 Å². The topological polar surface area (TPSA) is 75.2 Å². The quantitative estimate of drug-likeness (QED) is 0.600. The van der Waals surface area contributed by atoms with Crippen molar-refractivity contribution in [3.05, 3.63) is 29.8 Å². The molecule has 2 N–H and O–H groups in total. The van der Waals surface area contributed by atoms with Gasteiger partial charge in [0.25, 0.3) is 0 Å². The van der Waals surface area contributed by atoms with Gasteiger partial charge < -0.3 is 25.0 Å². The van der Waals surface area contributed by atoms with Gasteiger partial charge in [-0.25, -0.2) is 9.79 Å². The number of nitrogens with zero attached hydrogens (tertiary/aromatic N) is 2. The SMILES string of the molecule is CCNC(=NCc1ccccc1OC)NC1CCN(C(=O)OCC)CC1. The fourth-order valence-corrected chi connectivity index (χ4v) is 2.93. The van der Waals surface area contributed by atoms with Crippen LogP contribution in [0.1, 0.15) is 32.3 Å². The second-order valence-electron chi connectivity index (χ2n) is 6.11. The molecule has 0 unspecified atom stereocenters. The third-order valence-electron chi connectivity index (χ3n) is 4.31. The first kappa shape index (κ1) is 19.9. The Morgan fingerprint density at radius 3 is 2.65 bits per heavy atom. The van der Waals surface area contributed by atoms with Crippen molar-refractivity contribution in [2.24, 2.45) is 4.99 Å². The number of guanidine groups is 1. The number of hydrogen-bond donors (Lipinski definition) is 2. The third-order valence-corrected chi connectivity index (χ3v) is 4.31. The Labute approximate surface area is 155 Å². The number of nitrogens with one attached hydrogen (secondary N) is 2. The standard InChI is InChI=1S/C19H30N4O3/c1-4-20-18(21-14-15-8-6-7-9-17(15)25-3)22-16-10-12-23(13-11-16)19(24)26-5-2/h6-9,16H,4-5,10-14H2,1-3H3,(H2,20,21,22). The van der Waals surface area contributed by atoms with Crippen molar-refractivity contribution in [2.45, 2.75) is 39.3 Å². The van der Waals surface area contributed by atoms with Crippen molar-refractivity contribution < 1.29 is 14.3 Å². The minimum absolute atomic E-state index is 0.220. The number of methoxy groups -OCH3 is 1. The number of para-hydroxylation sites is 1. The van der Waals surface area contributed by atoms with Crippen LogP contribution in [0.2, 0.25) is 0 Å². The van der Waals surface area contributed by atoms with Gasteiger partial charge in [0.1, 0.15) is 5.75 Å². The van der Waals surface area contributed by atoms with Crippen LogP contribution in [0, 0.1) is 0 Å². The van der Waals surface area contributed by atoms with Crippen LogP contribution in [0.3, 0.4) is 0 Å². The third kappa shape index (κ3) is 5.82. The van der Waals surface area contributed by atoms with E-state index in [1.54, 1.807) is 12.0 Å². The monoisotopic (exact) mass is 362 g/mol. The van der Waals surface area contributed by atoms with Crippen LogP contribution in [0.5, 0.6) is 5.75 Å². The van der Waals surface area contributed by atoms with Crippen LogP contribution < -0.4 is 15.4 Å². The first-order chi connectivity index (χ1) is 12.7. The molecule has 1 saturated heterocycles. The average molecular weight is 362 g/mol. The molecule has 2 rings (SSSR count). The Morgan fingerprint density at radius 2 is 2.00 bits per heavy atom. The Bertz CT molecular complexity index is 598. The van der Waals surface area contributed by atoms with Crippen LogP contribution in [0.4, 0.5) is 4.79 Å². The molecule has 0 saturated carbocycles. The van der Waals surface area contributed by atoms with E-state index in [9.17, 15) is 4.79 Å². The van der Waals surface area contributed by atoms with Gasteiger partial charge >= 0.3 is 6.09 Å². The number of ether oxygens (including phenoxy) is 2. The van der Waals surface area contributed by atoms with Gasteiger partial charge in [0.15, 0.2) is 5.96 Å². The summed E-state index contributed by atoms with van der Waals surface area (Å²) in [5.41, 5.74) is 1.05. The van der Waals surface area contributed by atoms with Crippen molar-refractivity contribution in [3.63, 3.8) is 0 Å². The van der Waals surface area contributed by atoms with Gasteiger partial charge in [0.05, 0.1) is 20.3 Å². The number of rotatable bonds is 6. The van der Waals surface area contributed by atoms with E-state index in [1.165, 1.54) is 0 Å². The summed E-state index contributed by atoms with van der Waals surface area (Å²) < 4.78 is 10.4. The minimum Gasteiger partial charge on any atom is -0.496 e. The summed E-state index contributed by atoms with van der Waals surface area (Å²) in [6.45, 7) is 7.01. The highest BCUT2D eigenvalue weighted by molar-refractivity contribution is 5.80. The maximum Gasteiger partial charge on any atom is 0.409 e. The van der Waals surface area contributed by atoms with Crippen molar-refractivity contribution in [1.29, 1.82) is 0 Å². The van der Waals surface area contributed by atoms with Gasteiger partial charge in [-0.05, 0) is 32.8 Å². The van der Waals surface area contributed by atoms with Gasteiger partial charge in [0, 0.05) is 31.2 Å². The fraction of sp³-hybridized carbons (Fsp3) is 0.579. The van der Waals surface area contributed by atoms with E-state index in [1.807, 2.05) is 38.1 Å². The molecule has 144 valence electrons. The molecule has 0 aromatic heterocycles. The molecule has 0 radical (unpaired) electrons. The first-order valence-corrected chi connectivity index (χ1v) is 9.26. The lowest BCUT2D eigenvalue weighted by molar-refractivity contribution is 0.0963. The highest BCUT2D eigenvalue weighted by Crippen LogP contribution is 2.18. The van der Waals surface area contributed by atoms with Crippen LogP contribution in [0.25, 0.3) is 0 Å². The molecule has 0 bridgehead atoms. The summed E-state index contributed by atoms with van der Waals surface area (Å²) in [5, 5.41) is 6.76. The molecule has 1 aliphatic rings. The first-order valence-electron chi connectivity index (χ1n) is 9.26. The number of amides is 1. The molecule has 1 heterocycles. The molecule has 7 nitrogen and oxygen atoms in total. The molecule has 1 amide bonds. The maximum absolute atomic E-state index is 11.8. The number of benzene rings is 1. The summed E-state index contributed by atoms with van der Waals surface area (Å²) in [4.78, 5) is 18.2. The van der Waals surface area contributed by atoms with Gasteiger partial charge in [-0.3, -0.25) is 0 Å². The van der Waals surface area contributed by atoms with Crippen LogP contribution in [0.15, 0.2) is 29.3 Å². The smallest absolute Gasteiger partial charge is 0.409 e. The Balaban J connectivity index is 1.91. The molecule has 0 spiro atoms. The molecule has 0 aliphatic carbocycles. The second-order valence-corrected chi connectivity index (χ2v) is 6.11. The Hall–Kier alpha value is -2.44. The van der Waals surface area contributed by atoms with E-state index in [-0.39, 0.29) is 12.1 Å². The van der Waals surface area contributed by atoms with E-state index in [0.29, 0.717) is 26.2 Å². The van der Waals surface area contributed by atoms with E-state index in [4.69, 9.17) is 9.47 Å². The zero-order valence-electron chi connectivity index (χ0n) is 16.0. The number of piperidine rings is 1. The molecule has 1 fully saturated rings.